The van der Waals surface area contributed by atoms with Gasteiger partial charge in [-0.1, -0.05) is 48.5 Å². The molecule has 0 heterocycles. The lowest BCUT2D eigenvalue weighted by atomic mass is 9.98. The number of fused-ring (bicyclic) bond motifs is 3. The molecule has 0 fully saturated rings. The van der Waals surface area contributed by atoms with Gasteiger partial charge in [0.2, 0.25) is 6.41 Å². The second kappa shape index (κ2) is 5.66. The van der Waals surface area contributed by atoms with E-state index in [2.05, 4.69) is 23.0 Å². The van der Waals surface area contributed by atoms with Gasteiger partial charge in [0.15, 0.2) is 0 Å². The van der Waals surface area contributed by atoms with E-state index < -0.39 is 6.09 Å². The van der Waals surface area contributed by atoms with Gasteiger partial charge in [-0.3, -0.25) is 10.2 Å². The zero-order chi connectivity index (χ0) is 14.7. The van der Waals surface area contributed by atoms with Crippen LogP contribution in [0.3, 0.4) is 0 Å². The second-order valence-corrected chi connectivity index (χ2v) is 4.71. The van der Waals surface area contributed by atoms with E-state index in [-0.39, 0.29) is 12.5 Å². The number of rotatable bonds is 4. The summed E-state index contributed by atoms with van der Waals surface area (Å²) in [6.07, 6.45) is -0.300. The van der Waals surface area contributed by atoms with Crippen LogP contribution in [0.5, 0.6) is 0 Å². The van der Waals surface area contributed by atoms with Crippen LogP contribution in [0.4, 0.5) is 4.79 Å². The molecule has 1 aliphatic rings. The molecule has 2 aromatic carbocycles. The molecule has 0 unspecified atom stereocenters. The third-order valence-corrected chi connectivity index (χ3v) is 3.58. The summed E-state index contributed by atoms with van der Waals surface area (Å²) in [5.41, 5.74) is 8.83. The smallest absolute Gasteiger partial charge is 0.426 e. The van der Waals surface area contributed by atoms with E-state index in [9.17, 15) is 9.59 Å². The predicted molar refractivity (Wildman–Crippen MR) is 77.4 cm³/mol. The summed E-state index contributed by atoms with van der Waals surface area (Å²) in [6.45, 7) is 0.223. The van der Waals surface area contributed by atoms with Crippen molar-refractivity contribution in [2.75, 3.05) is 6.61 Å². The van der Waals surface area contributed by atoms with E-state index in [4.69, 9.17) is 4.74 Å². The molecule has 21 heavy (non-hydrogen) atoms. The number of hydrogen-bond donors (Lipinski definition) is 2. The maximum atomic E-state index is 11.4. The van der Waals surface area contributed by atoms with Crippen molar-refractivity contribution in [3.8, 4) is 11.1 Å². The van der Waals surface area contributed by atoms with Crippen molar-refractivity contribution in [3.63, 3.8) is 0 Å². The Morgan fingerprint density at radius 1 is 1.05 bits per heavy atom. The van der Waals surface area contributed by atoms with Crippen LogP contribution in [0.15, 0.2) is 48.5 Å². The van der Waals surface area contributed by atoms with E-state index in [1.807, 2.05) is 36.4 Å². The lowest BCUT2D eigenvalue weighted by molar-refractivity contribution is -0.110. The van der Waals surface area contributed by atoms with Gasteiger partial charge in [0.1, 0.15) is 6.61 Å². The fraction of sp³-hybridized carbons (Fsp3) is 0.125. The average Bonchev–Trinajstić information content (AvgIpc) is 2.85. The highest BCUT2D eigenvalue weighted by Gasteiger charge is 2.28. The molecule has 0 bridgehead atoms. The molecule has 5 nitrogen and oxygen atoms in total. The monoisotopic (exact) mass is 282 g/mol. The zero-order valence-electron chi connectivity index (χ0n) is 11.2. The summed E-state index contributed by atoms with van der Waals surface area (Å²) in [7, 11) is 0. The Morgan fingerprint density at radius 3 is 2.19 bits per heavy atom. The number of carbonyl (C=O) groups is 2. The molecule has 5 heteroatoms. The van der Waals surface area contributed by atoms with Crippen molar-refractivity contribution in [1.82, 2.24) is 10.9 Å². The Balaban J connectivity index is 1.82. The van der Waals surface area contributed by atoms with Crippen molar-refractivity contribution in [2.45, 2.75) is 5.92 Å². The van der Waals surface area contributed by atoms with Gasteiger partial charge in [0.05, 0.1) is 0 Å². The Labute approximate surface area is 121 Å². The molecule has 0 radical (unpaired) electrons. The molecule has 2 amide bonds. The van der Waals surface area contributed by atoms with Gasteiger partial charge in [-0.2, -0.15) is 0 Å². The highest BCUT2D eigenvalue weighted by molar-refractivity contribution is 5.79. The molecular weight excluding hydrogens is 268 g/mol. The number of benzene rings is 2. The van der Waals surface area contributed by atoms with Crippen molar-refractivity contribution in [1.29, 1.82) is 0 Å². The van der Waals surface area contributed by atoms with Gasteiger partial charge < -0.3 is 4.74 Å². The van der Waals surface area contributed by atoms with Gasteiger partial charge in [0, 0.05) is 5.92 Å². The summed E-state index contributed by atoms with van der Waals surface area (Å²) in [5, 5.41) is 0. The van der Waals surface area contributed by atoms with Crippen LogP contribution in [0, 0.1) is 0 Å². The first-order chi connectivity index (χ1) is 10.3. The normalized spacial score (nSPS) is 12.2. The van der Waals surface area contributed by atoms with Crippen LogP contribution in [0.25, 0.3) is 11.1 Å². The molecule has 1 aliphatic carbocycles. The molecule has 2 aromatic rings. The largest absolute Gasteiger partial charge is 0.447 e. The fourth-order valence-electron chi connectivity index (χ4n) is 2.72. The minimum atomic E-state index is -0.677. The zero-order valence-corrected chi connectivity index (χ0v) is 11.2. The van der Waals surface area contributed by atoms with Gasteiger partial charge in [-0.15, -0.1) is 0 Å². The fourth-order valence-corrected chi connectivity index (χ4v) is 2.72. The molecule has 2 N–H and O–H groups in total. The third-order valence-electron chi connectivity index (χ3n) is 3.58. The quantitative estimate of drug-likeness (QED) is 0.667. The van der Waals surface area contributed by atoms with Gasteiger partial charge in [-0.25, -0.2) is 10.2 Å². The minimum Gasteiger partial charge on any atom is -0.447 e. The summed E-state index contributed by atoms with van der Waals surface area (Å²) >= 11 is 0. The Hall–Kier alpha value is -2.82. The molecule has 106 valence electrons. The Morgan fingerprint density at radius 2 is 1.62 bits per heavy atom. The molecule has 0 aliphatic heterocycles. The van der Waals surface area contributed by atoms with Crippen LogP contribution in [0.1, 0.15) is 17.0 Å². The molecule has 0 saturated carbocycles. The van der Waals surface area contributed by atoms with E-state index in [1.54, 1.807) is 0 Å². The lowest BCUT2D eigenvalue weighted by Gasteiger charge is -2.14. The average molecular weight is 282 g/mol. The van der Waals surface area contributed by atoms with E-state index in [1.165, 1.54) is 11.1 Å². The SMILES string of the molecule is O=CNNC(=O)OCC1c2ccccc2-c2ccccc21. The van der Waals surface area contributed by atoms with Crippen molar-refractivity contribution >= 4 is 12.5 Å². The van der Waals surface area contributed by atoms with Gasteiger partial charge in [0.25, 0.3) is 0 Å². The van der Waals surface area contributed by atoms with Crippen LogP contribution in [-0.2, 0) is 9.53 Å². The summed E-state index contributed by atoms with van der Waals surface area (Å²) in [5.74, 6) is 0.0133. The molecule has 0 spiro atoms. The minimum absolute atomic E-state index is 0.0133. The van der Waals surface area contributed by atoms with Gasteiger partial charge >= 0.3 is 6.09 Å². The predicted octanol–water partition coefficient (Wildman–Crippen LogP) is 2.19. The summed E-state index contributed by atoms with van der Waals surface area (Å²) in [4.78, 5) is 21.5. The first-order valence-electron chi connectivity index (χ1n) is 6.61. The molecule has 0 saturated heterocycles. The van der Waals surface area contributed by atoms with Gasteiger partial charge in [-0.05, 0) is 22.3 Å². The topological polar surface area (TPSA) is 67.4 Å². The maximum absolute atomic E-state index is 11.4. The number of carbonyl (C=O) groups excluding carboxylic acids is 2. The van der Waals surface area contributed by atoms with Crippen molar-refractivity contribution in [2.24, 2.45) is 0 Å². The summed E-state index contributed by atoms with van der Waals surface area (Å²) in [6, 6.07) is 16.2. The number of amides is 2. The highest BCUT2D eigenvalue weighted by Crippen LogP contribution is 2.44. The lowest BCUT2D eigenvalue weighted by Crippen LogP contribution is -2.37. The molecule has 0 aromatic heterocycles. The molecular formula is C16H14N2O3. The maximum Gasteiger partial charge on any atom is 0.426 e. The number of hydrogen-bond acceptors (Lipinski definition) is 3. The standard InChI is InChI=1S/C16H14N2O3/c19-10-17-18-16(20)21-9-15-13-7-3-1-5-11(13)12-6-2-4-8-14(12)15/h1-8,10,15H,9H2,(H,17,19)(H,18,20). The van der Waals surface area contributed by atoms with Crippen molar-refractivity contribution in [3.05, 3.63) is 59.7 Å². The van der Waals surface area contributed by atoms with E-state index in [0.29, 0.717) is 6.41 Å². The first-order valence-corrected chi connectivity index (χ1v) is 6.61. The van der Waals surface area contributed by atoms with Crippen molar-refractivity contribution < 1.29 is 14.3 Å². The van der Waals surface area contributed by atoms with E-state index >= 15 is 0 Å². The summed E-state index contributed by atoms with van der Waals surface area (Å²) < 4.78 is 5.17. The van der Waals surface area contributed by atoms with Crippen LogP contribution < -0.4 is 10.9 Å². The number of hydrazine groups is 1. The third kappa shape index (κ3) is 2.45. The molecule has 0 atom stereocenters. The number of nitrogens with one attached hydrogen (secondary N) is 2. The first kappa shape index (κ1) is 13.2. The van der Waals surface area contributed by atoms with Crippen LogP contribution in [-0.4, -0.2) is 19.1 Å². The van der Waals surface area contributed by atoms with Crippen LogP contribution in [0.2, 0.25) is 0 Å². The van der Waals surface area contributed by atoms with Crippen LogP contribution >= 0.6 is 0 Å². The highest BCUT2D eigenvalue weighted by atomic mass is 16.6. The second-order valence-electron chi connectivity index (χ2n) is 4.71. The van der Waals surface area contributed by atoms with E-state index in [0.717, 1.165) is 11.1 Å². The number of ether oxygens (including phenoxy) is 1. The Bertz CT molecular complexity index is 639. The Kier molecular flexibility index (Phi) is 3.55. The molecule has 3 rings (SSSR count).